The minimum Gasteiger partial charge on any atom is -0.467 e. The highest BCUT2D eigenvalue weighted by Crippen LogP contribution is 2.32. The zero-order valence-corrected chi connectivity index (χ0v) is 16.9. The Kier molecular flexibility index (Phi) is 5.37. The predicted octanol–water partition coefficient (Wildman–Crippen LogP) is 4.12. The number of para-hydroxylation sites is 1. The number of hydrogen-bond acceptors (Lipinski definition) is 6. The van der Waals surface area contributed by atoms with Crippen LogP contribution in [0.1, 0.15) is 21.1 Å². The number of carbonyl (C=O) groups excluding carboxylic acids is 2. The summed E-state index contributed by atoms with van der Waals surface area (Å²) in [6.45, 7) is 1.72. The van der Waals surface area contributed by atoms with Crippen molar-refractivity contribution in [1.29, 1.82) is 0 Å². The lowest BCUT2D eigenvalue weighted by Gasteiger charge is -2.05. The summed E-state index contributed by atoms with van der Waals surface area (Å²) in [4.78, 5) is 25.5. The van der Waals surface area contributed by atoms with E-state index in [9.17, 15) is 9.59 Å². The molecule has 0 unspecified atom stereocenters. The van der Waals surface area contributed by atoms with Crippen LogP contribution in [-0.2, 0) is 16.1 Å². The maximum Gasteiger partial charge on any atom is 0.348 e. The first kappa shape index (κ1) is 19.2. The number of ether oxygens (including phenoxy) is 1. The van der Waals surface area contributed by atoms with Crippen LogP contribution in [0, 0.1) is 6.92 Å². The molecule has 0 atom stereocenters. The highest BCUT2D eigenvalue weighted by atomic mass is 35.5. The van der Waals surface area contributed by atoms with Gasteiger partial charge in [0, 0.05) is 5.39 Å². The SMILES string of the molecule is Cc1nn(-c2ccccc2Cl)c2sc(C(=O)OCC(=O)NCc3ccco3)cc12. The molecule has 0 aliphatic carbocycles. The molecule has 1 aromatic carbocycles. The quantitative estimate of drug-likeness (QED) is 0.466. The van der Waals surface area contributed by atoms with Gasteiger partial charge in [-0.15, -0.1) is 11.3 Å². The molecule has 0 saturated heterocycles. The fourth-order valence-electron chi connectivity index (χ4n) is 2.79. The third-order valence-electron chi connectivity index (χ3n) is 4.20. The second-order valence-corrected chi connectivity index (χ2v) is 7.65. The van der Waals surface area contributed by atoms with Crippen LogP contribution in [0.3, 0.4) is 0 Å². The largest absolute Gasteiger partial charge is 0.467 e. The maximum absolute atomic E-state index is 12.4. The highest BCUT2D eigenvalue weighted by Gasteiger charge is 2.19. The number of hydrogen-bond donors (Lipinski definition) is 1. The number of thiophene rings is 1. The number of halogens is 1. The number of furan rings is 1. The smallest absolute Gasteiger partial charge is 0.348 e. The standard InChI is InChI=1S/C20H16ClN3O4S/c1-12-14-9-17(20(26)28-11-18(25)22-10-13-5-4-8-27-13)29-19(14)24(23-12)16-7-3-2-6-15(16)21/h2-9H,10-11H2,1H3,(H,22,25). The maximum atomic E-state index is 12.4. The van der Waals surface area contributed by atoms with Crippen molar-refractivity contribution in [3.8, 4) is 5.69 Å². The van der Waals surface area contributed by atoms with E-state index in [1.807, 2.05) is 25.1 Å². The van der Waals surface area contributed by atoms with Gasteiger partial charge in [0.2, 0.25) is 0 Å². The molecule has 3 heterocycles. The second kappa shape index (κ2) is 8.10. The van der Waals surface area contributed by atoms with Gasteiger partial charge in [-0.1, -0.05) is 23.7 Å². The number of aryl methyl sites for hydroxylation is 1. The van der Waals surface area contributed by atoms with E-state index in [0.29, 0.717) is 15.7 Å². The number of fused-ring (bicyclic) bond motifs is 1. The number of benzene rings is 1. The van der Waals surface area contributed by atoms with Crippen LogP contribution < -0.4 is 5.32 Å². The molecule has 7 nitrogen and oxygen atoms in total. The summed E-state index contributed by atoms with van der Waals surface area (Å²) < 4.78 is 12.0. The average molecular weight is 430 g/mol. The minimum atomic E-state index is -0.565. The van der Waals surface area contributed by atoms with Crippen molar-refractivity contribution in [3.63, 3.8) is 0 Å². The number of aromatic nitrogens is 2. The van der Waals surface area contributed by atoms with Crippen LogP contribution in [0.25, 0.3) is 15.9 Å². The van der Waals surface area contributed by atoms with Crippen molar-refractivity contribution >= 4 is 45.0 Å². The van der Waals surface area contributed by atoms with Crippen LogP contribution in [0.4, 0.5) is 0 Å². The number of nitrogens with one attached hydrogen (secondary N) is 1. The summed E-state index contributed by atoms with van der Waals surface area (Å²) in [6.07, 6.45) is 1.52. The fraction of sp³-hybridized carbons (Fsp3) is 0.150. The van der Waals surface area contributed by atoms with Gasteiger partial charge in [-0.05, 0) is 37.3 Å². The lowest BCUT2D eigenvalue weighted by molar-refractivity contribution is -0.124. The molecule has 0 spiro atoms. The summed E-state index contributed by atoms with van der Waals surface area (Å²) in [5.74, 6) is -0.354. The van der Waals surface area contributed by atoms with E-state index in [1.54, 1.807) is 28.9 Å². The third kappa shape index (κ3) is 4.03. The van der Waals surface area contributed by atoms with E-state index in [1.165, 1.54) is 17.6 Å². The number of nitrogens with zero attached hydrogens (tertiary/aromatic N) is 2. The van der Waals surface area contributed by atoms with Crippen molar-refractivity contribution in [3.05, 3.63) is 70.1 Å². The van der Waals surface area contributed by atoms with Crippen LogP contribution in [0.2, 0.25) is 5.02 Å². The van der Waals surface area contributed by atoms with E-state index < -0.39 is 11.9 Å². The van der Waals surface area contributed by atoms with E-state index in [4.69, 9.17) is 20.8 Å². The normalized spacial score (nSPS) is 11.0. The Morgan fingerprint density at radius 2 is 2.10 bits per heavy atom. The molecule has 9 heteroatoms. The number of esters is 1. The second-order valence-electron chi connectivity index (χ2n) is 6.21. The first-order valence-electron chi connectivity index (χ1n) is 8.73. The van der Waals surface area contributed by atoms with Gasteiger partial charge in [0.15, 0.2) is 6.61 Å². The van der Waals surface area contributed by atoms with Crippen molar-refractivity contribution in [2.45, 2.75) is 13.5 Å². The van der Waals surface area contributed by atoms with E-state index in [2.05, 4.69) is 10.4 Å². The molecule has 0 radical (unpaired) electrons. The molecule has 29 heavy (non-hydrogen) atoms. The van der Waals surface area contributed by atoms with Crippen LogP contribution >= 0.6 is 22.9 Å². The van der Waals surface area contributed by atoms with E-state index in [0.717, 1.165) is 21.6 Å². The van der Waals surface area contributed by atoms with Gasteiger partial charge >= 0.3 is 5.97 Å². The van der Waals surface area contributed by atoms with Crippen molar-refractivity contribution < 1.29 is 18.7 Å². The van der Waals surface area contributed by atoms with Crippen LogP contribution in [0.5, 0.6) is 0 Å². The van der Waals surface area contributed by atoms with Crippen molar-refractivity contribution in [2.24, 2.45) is 0 Å². The molecule has 4 rings (SSSR count). The first-order valence-corrected chi connectivity index (χ1v) is 9.92. The van der Waals surface area contributed by atoms with Crippen molar-refractivity contribution in [1.82, 2.24) is 15.1 Å². The third-order valence-corrected chi connectivity index (χ3v) is 5.61. The zero-order valence-electron chi connectivity index (χ0n) is 15.3. The van der Waals surface area contributed by atoms with Crippen LogP contribution in [0.15, 0.2) is 53.1 Å². The predicted molar refractivity (Wildman–Crippen MR) is 110 cm³/mol. The fourth-order valence-corrected chi connectivity index (χ4v) is 4.07. The molecule has 4 aromatic rings. The number of amides is 1. The minimum absolute atomic E-state index is 0.235. The molecule has 1 amide bonds. The summed E-state index contributed by atoms with van der Waals surface area (Å²) in [7, 11) is 0. The molecule has 0 bridgehead atoms. The lowest BCUT2D eigenvalue weighted by atomic mass is 10.3. The zero-order chi connectivity index (χ0) is 20.4. The van der Waals surface area contributed by atoms with Gasteiger partial charge in [-0.3, -0.25) is 4.79 Å². The monoisotopic (exact) mass is 429 g/mol. The number of carbonyl (C=O) groups is 2. The molecular formula is C20H16ClN3O4S. The van der Waals surface area contributed by atoms with Gasteiger partial charge in [0.1, 0.15) is 15.5 Å². The van der Waals surface area contributed by atoms with Gasteiger partial charge in [0.25, 0.3) is 5.91 Å². The molecular weight excluding hydrogens is 414 g/mol. The van der Waals surface area contributed by atoms with Gasteiger partial charge in [0.05, 0.1) is 29.2 Å². The molecule has 0 saturated carbocycles. The lowest BCUT2D eigenvalue weighted by Crippen LogP contribution is -2.28. The number of rotatable bonds is 6. The summed E-state index contributed by atoms with van der Waals surface area (Å²) in [5, 5.41) is 8.54. The molecule has 3 aromatic heterocycles. The first-order chi connectivity index (χ1) is 14.0. The van der Waals surface area contributed by atoms with Gasteiger partial charge < -0.3 is 14.5 Å². The topological polar surface area (TPSA) is 86.4 Å². The Morgan fingerprint density at radius 1 is 1.28 bits per heavy atom. The summed E-state index contributed by atoms with van der Waals surface area (Å²) in [5.41, 5.74) is 1.50. The Balaban J connectivity index is 1.46. The van der Waals surface area contributed by atoms with Crippen molar-refractivity contribution in [2.75, 3.05) is 6.61 Å². The van der Waals surface area contributed by atoms with Crippen LogP contribution in [-0.4, -0.2) is 28.3 Å². The summed E-state index contributed by atoms with van der Waals surface area (Å²) in [6, 6.07) is 12.5. The van der Waals surface area contributed by atoms with E-state index in [-0.39, 0.29) is 13.2 Å². The summed E-state index contributed by atoms with van der Waals surface area (Å²) >= 11 is 7.53. The molecule has 148 valence electrons. The Labute approximate surface area is 174 Å². The Morgan fingerprint density at radius 3 is 2.86 bits per heavy atom. The molecule has 0 aliphatic rings. The molecule has 0 aliphatic heterocycles. The average Bonchev–Trinajstić information content (AvgIpc) is 3.44. The molecule has 1 N–H and O–H groups in total. The molecule has 0 fully saturated rings. The Hall–Kier alpha value is -3.10. The van der Waals surface area contributed by atoms with Gasteiger partial charge in [-0.2, -0.15) is 5.10 Å². The van der Waals surface area contributed by atoms with Gasteiger partial charge in [-0.25, -0.2) is 9.48 Å². The Bertz CT molecular complexity index is 1180. The van der Waals surface area contributed by atoms with E-state index >= 15 is 0 Å². The highest BCUT2D eigenvalue weighted by molar-refractivity contribution is 7.20.